The molecule has 0 saturated heterocycles. The van der Waals surface area contributed by atoms with Crippen LogP contribution in [-0.4, -0.2) is 4.98 Å². The van der Waals surface area contributed by atoms with Crippen LogP contribution in [0.15, 0.2) is 101 Å². The first-order chi connectivity index (χ1) is 14.3. The SMILES string of the molecule is Cc1ccc(-c2c/c(=N/Nc3ccc4ccccc4n3)c3ccccc3o2)cc1. The molecular weight excluding hydrogens is 358 g/mol. The van der Waals surface area contributed by atoms with E-state index >= 15 is 0 Å². The highest BCUT2D eigenvalue weighted by atomic mass is 16.3. The average molecular weight is 377 g/mol. The molecule has 0 amide bonds. The van der Waals surface area contributed by atoms with Gasteiger partial charge in [-0.1, -0.05) is 60.2 Å². The van der Waals surface area contributed by atoms with Crippen molar-refractivity contribution in [3.05, 3.63) is 102 Å². The highest BCUT2D eigenvalue weighted by molar-refractivity contribution is 5.80. The van der Waals surface area contributed by atoms with Crippen molar-refractivity contribution in [2.24, 2.45) is 5.10 Å². The molecule has 0 aliphatic carbocycles. The first-order valence-corrected chi connectivity index (χ1v) is 9.52. The first kappa shape index (κ1) is 17.2. The van der Waals surface area contributed by atoms with Gasteiger partial charge in [0.2, 0.25) is 0 Å². The smallest absolute Gasteiger partial charge is 0.146 e. The number of fused-ring (bicyclic) bond motifs is 2. The normalized spacial score (nSPS) is 11.8. The highest BCUT2D eigenvalue weighted by Crippen LogP contribution is 2.22. The van der Waals surface area contributed by atoms with Gasteiger partial charge in [-0.05, 0) is 37.3 Å². The van der Waals surface area contributed by atoms with Gasteiger partial charge < -0.3 is 4.42 Å². The number of hydrogen-bond donors (Lipinski definition) is 1. The van der Waals surface area contributed by atoms with Crippen molar-refractivity contribution in [1.82, 2.24) is 4.98 Å². The van der Waals surface area contributed by atoms with E-state index in [9.17, 15) is 0 Å². The Morgan fingerprint density at radius 2 is 1.62 bits per heavy atom. The van der Waals surface area contributed by atoms with Crippen LogP contribution in [0.25, 0.3) is 33.2 Å². The summed E-state index contributed by atoms with van der Waals surface area (Å²) in [7, 11) is 0. The topological polar surface area (TPSA) is 50.4 Å². The molecule has 0 radical (unpaired) electrons. The quantitative estimate of drug-likeness (QED) is 0.399. The molecule has 0 atom stereocenters. The molecule has 2 heterocycles. The predicted octanol–water partition coefficient (Wildman–Crippen LogP) is 5.88. The number of nitrogens with zero attached hydrogens (tertiary/aromatic N) is 2. The molecule has 0 unspecified atom stereocenters. The molecule has 5 aromatic rings. The largest absolute Gasteiger partial charge is 0.456 e. The summed E-state index contributed by atoms with van der Waals surface area (Å²) in [5.74, 6) is 1.47. The van der Waals surface area contributed by atoms with Crippen LogP contribution in [0, 0.1) is 6.92 Å². The molecule has 0 aliphatic heterocycles. The van der Waals surface area contributed by atoms with Gasteiger partial charge in [-0.15, -0.1) is 0 Å². The van der Waals surface area contributed by atoms with E-state index in [0.717, 1.165) is 38.6 Å². The van der Waals surface area contributed by atoms with Gasteiger partial charge in [-0.25, -0.2) is 4.98 Å². The van der Waals surface area contributed by atoms with Gasteiger partial charge in [0.1, 0.15) is 17.2 Å². The molecule has 0 fully saturated rings. The summed E-state index contributed by atoms with van der Waals surface area (Å²) in [5.41, 5.74) is 7.05. The molecule has 2 aromatic heterocycles. The second-order valence-electron chi connectivity index (χ2n) is 6.97. The molecule has 4 heteroatoms. The number of hydrogen-bond acceptors (Lipinski definition) is 4. The fourth-order valence-electron chi connectivity index (χ4n) is 3.32. The molecule has 4 nitrogen and oxygen atoms in total. The Morgan fingerprint density at radius 1 is 0.828 bits per heavy atom. The predicted molar refractivity (Wildman–Crippen MR) is 117 cm³/mol. The number of anilines is 1. The van der Waals surface area contributed by atoms with Crippen LogP contribution < -0.4 is 10.8 Å². The van der Waals surface area contributed by atoms with Gasteiger partial charge in [0.15, 0.2) is 0 Å². The van der Waals surface area contributed by atoms with Gasteiger partial charge in [0.25, 0.3) is 0 Å². The van der Waals surface area contributed by atoms with Crippen molar-refractivity contribution >= 4 is 27.7 Å². The van der Waals surface area contributed by atoms with E-state index < -0.39 is 0 Å². The summed E-state index contributed by atoms with van der Waals surface area (Å²) in [4.78, 5) is 4.63. The van der Waals surface area contributed by atoms with Crippen LogP contribution >= 0.6 is 0 Å². The van der Waals surface area contributed by atoms with E-state index in [2.05, 4.69) is 46.7 Å². The van der Waals surface area contributed by atoms with Gasteiger partial charge >= 0.3 is 0 Å². The zero-order valence-electron chi connectivity index (χ0n) is 16.0. The van der Waals surface area contributed by atoms with Gasteiger partial charge in [0, 0.05) is 22.4 Å². The third kappa shape index (κ3) is 3.48. The molecule has 140 valence electrons. The molecule has 29 heavy (non-hydrogen) atoms. The van der Waals surface area contributed by atoms with Crippen LogP contribution in [-0.2, 0) is 0 Å². The summed E-state index contributed by atoms with van der Waals surface area (Å²) < 4.78 is 6.13. The van der Waals surface area contributed by atoms with Crippen molar-refractivity contribution in [1.29, 1.82) is 0 Å². The van der Waals surface area contributed by atoms with Crippen molar-refractivity contribution in [2.75, 3.05) is 5.43 Å². The molecule has 3 aromatic carbocycles. The second kappa shape index (κ2) is 7.24. The van der Waals surface area contributed by atoms with Crippen molar-refractivity contribution in [2.45, 2.75) is 6.92 Å². The van der Waals surface area contributed by atoms with E-state index in [4.69, 9.17) is 4.42 Å². The first-order valence-electron chi connectivity index (χ1n) is 9.52. The maximum atomic E-state index is 6.13. The average Bonchev–Trinajstić information content (AvgIpc) is 2.77. The maximum absolute atomic E-state index is 6.13. The minimum absolute atomic E-state index is 0.699. The van der Waals surface area contributed by atoms with Gasteiger partial charge in [0.05, 0.1) is 10.9 Å². The van der Waals surface area contributed by atoms with Crippen LogP contribution in [0.5, 0.6) is 0 Å². The van der Waals surface area contributed by atoms with Crippen LogP contribution in [0.3, 0.4) is 0 Å². The highest BCUT2D eigenvalue weighted by Gasteiger charge is 2.06. The molecule has 1 N–H and O–H groups in total. The Hall–Kier alpha value is -3.92. The van der Waals surface area contributed by atoms with Crippen molar-refractivity contribution in [3.63, 3.8) is 0 Å². The van der Waals surface area contributed by atoms with E-state index in [1.807, 2.05) is 66.7 Å². The molecule has 0 spiro atoms. The Kier molecular flexibility index (Phi) is 4.30. The number of rotatable bonds is 3. The van der Waals surface area contributed by atoms with Gasteiger partial charge in [-0.2, -0.15) is 5.10 Å². The lowest BCUT2D eigenvalue weighted by Gasteiger charge is -2.06. The minimum atomic E-state index is 0.699. The maximum Gasteiger partial charge on any atom is 0.146 e. The Morgan fingerprint density at radius 3 is 2.52 bits per heavy atom. The minimum Gasteiger partial charge on any atom is -0.456 e. The molecule has 0 aliphatic rings. The van der Waals surface area contributed by atoms with E-state index in [1.165, 1.54) is 5.56 Å². The summed E-state index contributed by atoms with van der Waals surface area (Å²) in [6.07, 6.45) is 0. The third-order valence-electron chi connectivity index (χ3n) is 4.88. The van der Waals surface area contributed by atoms with Crippen molar-refractivity contribution in [3.8, 4) is 11.3 Å². The Bertz CT molecular complexity index is 1390. The molecule has 0 bridgehead atoms. The van der Waals surface area contributed by atoms with E-state index in [-0.39, 0.29) is 0 Å². The lowest BCUT2D eigenvalue weighted by Crippen LogP contribution is -2.08. The van der Waals surface area contributed by atoms with E-state index in [1.54, 1.807) is 0 Å². The fourth-order valence-corrected chi connectivity index (χ4v) is 3.32. The summed E-state index contributed by atoms with van der Waals surface area (Å²) in [6, 6.07) is 30.1. The molecule has 0 saturated carbocycles. The standard InChI is InChI=1S/C25H19N3O/c1-17-10-12-19(13-11-17)24-16-22(20-7-3-5-9-23(20)29-24)27-28-25-15-14-18-6-2-4-8-21(18)26-25/h2-16H,1H3,(H,26,28)/b27-22-. The van der Waals surface area contributed by atoms with Crippen LogP contribution in [0.2, 0.25) is 0 Å². The summed E-state index contributed by atoms with van der Waals surface area (Å²) in [6.45, 7) is 2.07. The number of aryl methyl sites for hydroxylation is 1. The Labute approximate surface area is 168 Å². The summed E-state index contributed by atoms with van der Waals surface area (Å²) >= 11 is 0. The second-order valence-corrected chi connectivity index (χ2v) is 6.97. The summed E-state index contributed by atoms with van der Waals surface area (Å²) in [5, 5.41) is 7.49. The zero-order valence-corrected chi connectivity index (χ0v) is 16.0. The van der Waals surface area contributed by atoms with E-state index in [0.29, 0.717) is 5.82 Å². The number of aromatic nitrogens is 1. The fraction of sp³-hybridized carbons (Fsp3) is 0.0400. The monoisotopic (exact) mass is 377 g/mol. The van der Waals surface area contributed by atoms with Crippen LogP contribution in [0.4, 0.5) is 5.82 Å². The number of pyridine rings is 1. The van der Waals surface area contributed by atoms with Crippen LogP contribution in [0.1, 0.15) is 5.56 Å². The third-order valence-corrected chi connectivity index (χ3v) is 4.88. The zero-order chi connectivity index (χ0) is 19.6. The lowest BCUT2D eigenvalue weighted by molar-refractivity contribution is 0.618. The number of para-hydroxylation sites is 2. The Balaban J connectivity index is 1.61. The lowest BCUT2D eigenvalue weighted by atomic mass is 10.1. The number of benzene rings is 3. The van der Waals surface area contributed by atoms with Crippen molar-refractivity contribution < 1.29 is 4.42 Å². The number of nitrogens with one attached hydrogen (secondary N) is 1. The van der Waals surface area contributed by atoms with Gasteiger partial charge in [-0.3, -0.25) is 5.43 Å². The molecular formula is C25H19N3O. The molecule has 5 rings (SSSR count).